The predicted octanol–water partition coefficient (Wildman–Crippen LogP) is 3.55. The number of ether oxygens (including phenoxy) is 2. The highest BCUT2D eigenvalue weighted by molar-refractivity contribution is 7.89. The molecule has 1 aromatic heterocycles. The summed E-state index contributed by atoms with van der Waals surface area (Å²) in [6.45, 7) is 4.13. The first-order chi connectivity index (χ1) is 16.8. The number of amides is 1. The zero-order valence-electron chi connectivity index (χ0n) is 20.5. The molecule has 9 nitrogen and oxygen atoms in total. The number of aromatic nitrogens is 1. The van der Waals surface area contributed by atoms with Crippen molar-refractivity contribution >= 4 is 33.5 Å². The molecule has 0 aliphatic carbocycles. The summed E-state index contributed by atoms with van der Waals surface area (Å²) in [5.74, 6) is 0.816. The van der Waals surface area contributed by atoms with Crippen LogP contribution in [-0.4, -0.2) is 63.3 Å². The molecular formula is C25H32N4O5S. The molecule has 0 fully saturated rings. The lowest BCUT2D eigenvalue weighted by Crippen LogP contribution is -2.35. The first kappa shape index (κ1) is 26.2. The van der Waals surface area contributed by atoms with Gasteiger partial charge in [-0.2, -0.15) is 4.31 Å². The fraction of sp³-hybridized carbons (Fsp3) is 0.360. The van der Waals surface area contributed by atoms with Crippen LogP contribution in [0.4, 0.5) is 5.69 Å². The third-order valence-electron chi connectivity index (χ3n) is 5.66. The fourth-order valence-electron chi connectivity index (χ4n) is 3.79. The maximum Gasteiger partial charge on any atom is 0.243 e. The van der Waals surface area contributed by atoms with E-state index in [1.165, 1.54) is 36.5 Å². The quantitative estimate of drug-likeness (QED) is 0.676. The second-order valence-electron chi connectivity index (χ2n) is 8.01. The van der Waals surface area contributed by atoms with E-state index in [0.29, 0.717) is 24.3 Å². The van der Waals surface area contributed by atoms with Crippen LogP contribution in [-0.2, 0) is 26.0 Å². The van der Waals surface area contributed by atoms with Crippen LogP contribution in [0, 0.1) is 0 Å². The normalized spacial score (nSPS) is 17.4. The van der Waals surface area contributed by atoms with E-state index in [0.717, 1.165) is 17.2 Å². The molecule has 1 amide bonds. The van der Waals surface area contributed by atoms with Gasteiger partial charge in [0.1, 0.15) is 11.5 Å². The van der Waals surface area contributed by atoms with Crippen molar-refractivity contribution in [2.45, 2.75) is 31.6 Å². The van der Waals surface area contributed by atoms with E-state index in [2.05, 4.69) is 21.0 Å². The lowest BCUT2D eigenvalue weighted by atomic mass is 10.2. The second kappa shape index (κ2) is 11.9. The summed E-state index contributed by atoms with van der Waals surface area (Å²) in [4.78, 5) is 16.0. The number of fused-ring (bicyclic) bond motifs is 1. The minimum atomic E-state index is -3.88. The number of carbonyl (C=O) groups excluding carboxylic acids is 1. The van der Waals surface area contributed by atoms with Crippen molar-refractivity contribution in [2.75, 3.05) is 39.2 Å². The first-order valence-electron chi connectivity index (χ1n) is 11.3. The molecule has 1 aliphatic rings. The molecular weight excluding hydrogens is 468 g/mol. The highest BCUT2D eigenvalue weighted by Crippen LogP contribution is 2.29. The van der Waals surface area contributed by atoms with Gasteiger partial charge >= 0.3 is 0 Å². The van der Waals surface area contributed by atoms with Crippen molar-refractivity contribution in [3.63, 3.8) is 0 Å². The first-order valence-corrected chi connectivity index (χ1v) is 12.7. The highest BCUT2D eigenvalue weighted by atomic mass is 32.2. The van der Waals surface area contributed by atoms with Crippen molar-refractivity contribution in [1.82, 2.24) is 8.87 Å². The van der Waals surface area contributed by atoms with Gasteiger partial charge in [0.2, 0.25) is 15.9 Å². The van der Waals surface area contributed by atoms with E-state index in [-0.39, 0.29) is 30.4 Å². The number of sulfonamides is 1. The third-order valence-corrected chi connectivity index (χ3v) is 7.55. The number of hydrogen-bond acceptors (Lipinski definition) is 6. The molecule has 1 N–H and O–H groups in total. The lowest BCUT2D eigenvalue weighted by Gasteiger charge is -2.23. The number of allylic oxidation sites excluding steroid dienone is 3. The van der Waals surface area contributed by atoms with Gasteiger partial charge in [-0.1, -0.05) is 6.08 Å². The number of nitrogens with zero attached hydrogens (tertiary/aromatic N) is 3. The SMILES string of the molecule is CO/C1=C/C=NCCN(S(=O)(=O)c2ccc(OC)c(NC(C)=O)c2)CCc2cccn2C(C)=CC1. The van der Waals surface area contributed by atoms with Crippen molar-refractivity contribution in [2.24, 2.45) is 4.99 Å². The van der Waals surface area contributed by atoms with E-state index < -0.39 is 10.0 Å². The molecule has 0 spiro atoms. The summed E-state index contributed by atoms with van der Waals surface area (Å²) in [5, 5.41) is 2.63. The van der Waals surface area contributed by atoms with Gasteiger partial charge in [-0.3, -0.25) is 9.79 Å². The molecule has 35 heavy (non-hydrogen) atoms. The van der Waals surface area contributed by atoms with E-state index in [9.17, 15) is 13.2 Å². The minimum Gasteiger partial charge on any atom is -0.501 e. The van der Waals surface area contributed by atoms with Gasteiger partial charge in [0.25, 0.3) is 0 Å². The van der Waals surface area contributed by atoms with Crippen LogP contribution < -0.4 is 10.1 Å². The van der Waals surface area contributed by atoms with E-state index in [4.69, 9.17) is 9.47 Å². The topological polar surface area (TPSA) is 102 Å². The van der Waals surface area contributed by atoms with Gasteiger partial charge in [-0.05, 0) is 43.3 Å². The summed E-state index contributed by atoms with van der Waals surface area (Å²) < 4.78 is 41.5. The zero-order chi connectivity index (χ0) is 25.4. The lowest BCUT2D eigenvalue weighted by molar-refractivity contribution is -0.114. The average molecular weight is 501 g/mol. The summed E-state index contributed by atoms with van der Waals surface area (Å²) in [7, 11) is -0.798. The van der Waals surface area contributed by atoms with Crippen molar-refractivity contribution in [3.8, 4) is 5.75 Å². The fourth-order valence-corrected chi connectivity index (χ4v) is 5.24. The Morgan fingerprint density at radius 2 is 1.94 bits per heavy atom. The number of methoxy groups -OCH3 is 2. The maximum atomic E-state index is 13.6. The van der Waals surface area contributed by atoms with Gasteiger partial charge < -0.3 is 19.4 Å². The number of carbonyl (C=O) groups is 1. The van der Waals surface area contributed by atoms with Gasteiger partial charge in [0.05, 0.1) is 31.3 Å². The Kier molecular flexibility index (Phi) is 8.89. The molecule has 0 unspecified atom stereocenters. The van der Waals surface area contributed by atoms with Gasteiger partial charge in [0.15, 0.2) is 0 Å². The van der Waals surface area contributed by atoms with Crippen LogP contribution in [0.15, 0.2) is 64.3 Å². The molecule has 2 heterocycles. The van der Waals surface area contributed by atoms with Gasteiger partial charge in [0, 0.05) is 56.7 Å². The molecule has 0 saturated heterocycles. The molecule has 1 aromatic carbocycles. The molecule has 3 rings (SSSR count). The molecule has 10 heteroatoms. The summed E-state index contributed by atoms with van der Waals surface area (Å²) in [5.41, 5.74) is 2.32. The van der Waals surface area contributed by atoms with Crippen molar-refractivity contribution < 1.29 is 22.7 Å². The maximum absolute atomic E-state index is 13.6. The van der Waals surface area contributed by atoms with Crippen LogP contribution in [0.3, 0.4) is 0 Å². The Bertz CT molecular complexity index is 1240. The minimum absolute atomic E-state index is 0.0696. The number of anilines is 1. The van der Waals surface area contributed by atoms with Crippen LogP contribution >= 0.6 is 0 Å². The highest BCUT2D eigenvalue weighted by Gasteiger charge is 2.26. The Morgan fingerprint density at radius 3 is 2.66 bits per heavy atom. The average Bonchev–Trinajstić information content (AvgIpc) is 3.30. The Labute approximate surface area is 206 Å². The van der Waals surface area contributed by atoms with Crippen molar-refractivity contribution in [1.29, 1.82) is 0 Å². The molecule has 2 aromatic rings. The third kappa shape index (κ3) is 6.61. The number of hydrogen-bond donors (Lipinski definition) is 1. The van der Waals surface area contributed by atoms with Crippen molar-refractivity contribution in [3.05, 3.63) is 60.1 Å². The molecule has 0 atom stereocenters. The van der Waals surface area contributed by atoms with E-state index in [1.54, 1.807) is 19.4 Å². The number of aliphatic imine (C=N–C) groups is 1. The van der Waals surface area contributed by atoms with E-state index >= 15 is 0 Å². The number of benzene rings is 1. The molecule has 1 aliphatic heterocycles. The molecule has 0 radical (unpaired) electrons. The largest absolute Gasteiger partial charge is 0.501 e. The summed E-state index contributed by atoms with van der Waals surface area (Å²) in [6.07, 6.45) is 8.60. The van der Waals surface area contributed by atoms with E-state index in [1.807, 2.05) is 25.3 Å². The molecule has 0 saturated carbocycles. The van der Waals surface area contributed by atoms with Gasteiger partial charge in [-0.25, -0.2) is 8.42 Å². The van der Waals surface area contributed by atoms with Crippen LogP contribution in [0.2, 0.25) is 0 Å². The number of rotatable bonds is 5. The Balaban J connectivity index is 1.97. The van der Waals surface area contributed by atoms with Crippen LogP contribution in [0.25, 0.3) is 5.70 Å². The Morgan fingerprint density at radius 1 is 1.14 bits per heavy atom. The zero-order valence-corrected chi connectivity index (χ0v) is 21.3. The monoisotopic (exact) mass is 500 g/mol. The van der Waals surface area contributed by atoms with Crippen LogP contribution in [0.1, 0.15) is 26.0 Å². The van der Waals surface area contributed by atoms with Gasteiger partial charge in [-0.15, -0.1) is 0 Å². The Hall–Kier alpha value is -3.37. The molecule has 0 bridgehead atoms. The molecule has 188 valence electrons. The number of nitrogens with one attached hydrogen (secondary N) is 1. The standard InChI is InChI=1S/C25H32N4O5S/c1-19-7-8-22(33-3)11-13-26-14-17-28(16-12-21-6-5-15-29(19)21)35(31,32)23-9-10-25(34-4)24(18-23)27-20(2)30/h5-7,9-11,13,15,18H,8,12,14,16-17H2,1-4H3,(H,27,30)/b19-7?,22-11+,26-13?. The second-order valence-corrected chi connectivity index (χ2v) is 9.95. The predicted molar refractivity (Wildman–Crippen MR) is 137 cm³/mol. The summed E-state index contributed by atoms with van der Waals surface area (Å²) in [6, 6.07) is 8.38. The van der Waals surface area contributed by atoms with Crippen LogP contribution in [0.5, 0.6) is 5.75 Å². The summed E-state index contributed by atoms with van der Waals surface area (Å²) >= 11 is 0. The smallest absolute Gasteiger partial charge is 0.243 e.